The van der Waals surface area contributed by atoms with Crippen LogP contribution < -0.4 is 4.90 Å². The molecule has 2 heterocycles. The van der Waals surface area contributed by atoms with Gasteiger partial charge in [-0.15, -0.1) is 0 Å². The third-order valence-electron chi connectivity index (χ3n) is 4.20. The molecule has 1 N–H and O–H groups in total. The van der Waals surface area contributed by atoms with Crippen molar-refractivity contribution < 1.29 is 18.3 Å². The highest BCUT2D eigenvalue weighted by molar-refractivity contribution is 7.90. The first-order valence-electron chi connectivity index (χ1n) is 7.53. The Kier molecular flexibility index (Phi) is 4.46. The van der Waals surface area contributed by atoms with E-state index >= 15 is 0 Å². The minimum atomic E-state index is -3.36. The zero-order valence-corrected chi connectivity index (χ0v) is 15.0. The number of carbonyl (C=O) groups excluding carboxylic acids is 1. The van der Waals surface area contributed by atoms with E-state index in [1.807, 2.05) is 11.8 Å². The Hall–Kier alpha value is -1.77. The average molecular weight is 366 g/mol. The smallest absolute Gasteiger partial charge is 0.204 e. The van der Waals surface area contributed by atoms with E-state index in [0.29, 0.717) is 28.5 Å². The van der Waals surface area contributed by atoms with Crippen molar-refractivity contribution in [2.75, 3.05) is 17.7 Å². The van der Waals surface area contributed by atoms with Gasteiger partial charge in [0.2, 0.25) is 5.78 Å². The van der Waals surface area contributed by atoms with E-state index in [1.54, 1.807) is 12.1 Å². The number of hydrogen-bond acceptors (Lipinski definition) is 7. The zero-order chi connectivity index (χ0) is 17.5. The number of aliphatic hydroxyl groups is 1. The summed E-state index contributed by atoms with van der Waals surface area (Å²) in [5.74, 6) is -0.253. The Balaban J connectivity index is 1.87. The maximum atomic E-state index is 12.6. The molecule has 2 aromatic rings. The van der Waals surface area contributed by atoms with Gasteiger partial charge < -0.3 is 10.0 Å². The minimum absolute atomic E-state index is 0.0346. The quantitative estimate of drug-likeness (QED) is 0.830. The number of benzene rings is 1. The maximum absolute atomic E-state index is 12.6. The van der Waals surface area contributed by atoms with Gasteiger partial charge in [-0.1, -0.05) is 23.5 Å². The van der Waals surface area contributed by atoms with Crippen LogP contribution in [-0.2, 0) is 9.84 Å². The first-order chi connectivity index (χ1) is 11.3. The van der Waals surface area contributed by atoms with Crippen LogP contribution in [0.1, 0.15) is 28.6 Å². The third kappa shape index (κ3) is 3.22. The van der Waals surface area contributed by atoms with Crippen molar-refractivity contribution >= 4 is 32.1 Å². The fourth-order valence-electron chi connectivity index (χ4n) is 2.71. The van der Waals surface area contributed by atoms with Crippen molar-refractivity contribution in [2.45, 2.75) is 30.4 Å². The topological polar surface area (TPSA) is 87.6 Å². The Morgan fingerprint density at radius 2 is 2.17 bits per heavy atom. The van der Waals surface area contributed by atoms with Gasteiger partial charge in [0.15, 0.2) is 15.0 Å². The molecule has 0 spiro atoms. The van der Waals surface area contributed by atoms with Crippen LogP contribution in [0.3, 0.4) is 0 Å². The molecule has 6 nitrogen and oxygen atoms in total. The Labute approximate surface area is 144 Å². The lowest BCUT2D eigenvalue weighted by Crippen LogP contribution is -2.31. The second-order valence-electron chi connectivity index (χ2n) is 5.93. The summed E-state index contributed by atoms with van der Waals surface area (Å²) in [6.07, 6.45) is 2.91. The van der Waals surface area contributed by atoms with Crippen molar-refractivity contribution in [1.82, 2.24) is 4.98 Å². The van der Waals surface area contributed by atoms with Crippen molar-refractivity contribution in [3.05, 3.63) is 40.9 Å². The molecule has 1 aromatic carbocycles. The van der Waals surface area contributed by atoms with E-state index in [2.05, 4.69) is 4.98 Å². The van der Waals surface area contributed by atoms with E-state index in [1.165, 1.54) is 29.7 Å². The fraction of sp³-hybridized carbons (Fsp3) is 0.375. The molecule has 0 saturated carbocycles. The zero-order valence-electron chi connectivity index (χ0n) is 13.3. The van der Waals surface area contributed by atoms with Crippen LogP contribution in [0.2, 0.25) is 0 Å². The number of ketones is 1. The number of aliphatic hydroxyl groups excluding tert-OH is 1. The largest absolute Gasteiger partial charge is 0.391 e. The lowest BCUT2D eigenvalue weighted by Gasteiger charge is -2.21. The summed E-state index contributed by atoms with van der Waals surface area (Å²) in [6.45, 7) is 2.63. The van der Waals surface area contributed by atoms with E-state index < -0.39 is 9.84 Å². The summed E-state index contributed by atoms with van der Waals surface area (Å²) in [5, 5.41) is 10.5. The predicted molar refractivity (Wildman–Crippen MR) is 92.5 cm³/mol. The number of aromatic nitrogens is 1. The lowest BCUT2D eigenvalue weighted by atomic mass is 10.1. The number of carbonyl (C=O) groups is 1. The van der Waals surface area contributed by atoms with E-state index in [-0.39, 0.29) is 22.8 Å². The summed E-state index contributed by atoms with van der Waals surface area (Å²) in [4.78, 5) is 19.5. The number of hydrogen-bond donors (Lipinski definition) is 1. The van der Waals surface area contributed by atoms with Gasteiger partial charge in [0.05, 0.1) is 28.1 Å². The molecule has 1 saturated heterocycles. The van der Waals surface area contributed by atoms with Crippen LogP contribution >= 0.6 is 11.3 Å². The van der Waals surface area contributed by atoms with Gasteiger partial charge in [0.25, 0.3) is 0 Å². The van der Waals surface area contributed by atoms with Crippen molar-refractivity contribution in [3.63, 3.8) is 0 Å². The second kappa shape index (κ2) is 6.27. The minimum Gasteiger partial charge on any atom is -0.391 e. The van der Waals surface area contributed by atoms with Crippen molar-refractivity contribution in [3.8, 4) is 0 Å². The van der Waals surface area contributed by atoms with E-state index in [4.69, 9.17) is 0 Å². The molecular formula is C16H18N2O4S2. The number of sulfone groups is 1. The summed E-state index contributed by atoms with van der Waals surface area (Å²) in [6, 6.07) is 5.98. The third-order valence-corrected chi connectivity index (χ3v) is 6.35. The average Bonchev–Trinajstić information content (AvgIpc) is 3.14. The maximum Gasteiger partial charge on any atom is 0.204 e. The Morgan fingerprint density at radius 1 is 1.42 bits per heavy atom. The van der Waals surface area contributed by atoms with Crippen molar-refractivity contribution in [1.29, 1.82) is 0 Å². The second-order valence-corrected chi connectivity index (χ2v) is 8.95. The molecule has 1 aliphatic heterocycles. The van der Waals surface area contributed by atoms with Crippen molar-refractivity contribution in [2.24, 2.45) is 0 Å². The van der Waals surface area contributed by atoms with Crippen LogP contribution in [0.4, 0.5) is 5.13 Å². The summed E-state index contributed by atoms with van der Waals surface area (Å²) >= 11 is 1.26. The van der Waals surface area contributed by atoms with Crippen LogP contribution in [0.15, 0.2) is 35.4 Å². The molecular weight excluding hydrogens is 348 g/mol. The lowest BCUT2D eigenvalue weighted by molar-refractivity contribution is 0.104. The van der Waals surface area contributed by atoms with Crippen LogP contribution in [0, 0.1) is 0 Å². The van der Waals surface area contributed by atoms with E-state index in [0.717, 1.165) is 6.26 Å². The molecule has 8 heteroatoms. The monoisotopic (exact) mass is 366 g/mol. The Morgan fingerprint density at radius 3 is 2.79 bits per heavy atom. The molecule has 128 valence electrons. The van der Waals surface area contributed by atoms with E-state index in [9.17, 15) is 18.3 Å². The summed E-state index contributed by atoms with van der Waals surface area (Å²) in [7, 11) is -3.36. The summed E-state index contributed by atoms with van der Waals surface area (Å²) in [5.41, 5.74) is 0.322. The number of anilines is 1. The van der Waals surface area contributed by atoms with Gasteiger partial charge in [-0.3, -0.25) is 4.79 Å². The SMILES string of the molecule is CC1C(O)CCN1c1ncc(C(=O)c2cccc(S(C)(=O)=O)c2)s1. The molecule has 1 fully saturated rings. The highest BCUT2D eigenvalue weighted by Gasteiger charge is 2.31. The molecule has 1 aliphatic rings. The number of nitrogens with zero attached hydrogens (tertiary/aromatic N) is 2. The normalized spacial score (nSPS) is 21.2. The van der Waals surface area contributed by atoms with Gasteiger partial charge in [-0.2, -0.15) is 0 Å². The highest BCUT2D eigenvalue weighted by Crippen LogP contribution is 2.30. The summed E-state index contributed by atoms with van der Waals surface area (Å²) < 4.78 is 23.3. The highest BCUT2D eigenvalue weighted by atomic mass is 32.2. The first-order valence-corrected chi connectivity index (χ1v) is 10.2. The van der Waals surface area contributed by atoms with Crippen LogP contribution in [0.5, 0.6) is 0 Å². The van der Waals surface area contributed by atoms with Gasteiger partial charge in [-0.05, 0) is 25.5 Å². The van der Waals surface area contributed by atoms with Gasteiger partial charge in [-0.25, -0.2) is 13.4 Å². The predicted octanol–water partition coefficient (Wildman–Crippen LogP) is 1.74. The molecule has 2 unspecified atom stereocenters. The molecule has 0 bridgehead atoms. The Bertz CT molecular complexity index is 876. The van der Waals surface area contributed by atoms with Gasteiger partial charge in [0, 0.05) is 18.4 Å². The fourth-order valence-corrected chi connectivity index (χ4v) is 4.37. The molecule has 1 aromatic heterocycles. The van der Waals surface area contributed by atoms with Crippen LogP contribution in [-0.4, -0.2) is 49.2 Å². The molecule has 3 rings (SSSR count). The van der Waals surface area contributed by atoms with Crippen LogP contribution in [0.25, 0.3) is 0 Å². The molecule has 2 atom stereocenters. The number of rotatable bonds is 4. The molecule has 0 amide bonds. The molecule has 0 radical (unpaired) electrons. The van der Waals surface area contributed by atoms with Gasteiger partial charge in [0.1, 0.15) is 0 Å². The number of thiazole rings is 1. The molecule has 0 aliphatic carbocycles. The standard InChI is InChI=1S/C16H18N2O4S2/c1-10-13(19)6-7-18(10)16-17-9-14(23-16)15(20)11-4-3-5-12(8-11)24(2,21)22/h3-5,8-10,13,19H,6-7H2,1-2H3. The first kappa shape index (κ1) is 17.1. The molecule has 24 heavy (non-hydrogen) atoms. The van der Waals surface area contributed by atoms with Gasteiger partial charge >= 0.3 is 0 Å².